The number of thioether (sulfide) groups is 1. The van der Waals surface area contributed by atoms with Gasteiger partial charge in [-0.25, -0.2) is 0 Å². The third-order valence-corrected chi connectivity index (χ3v) is 5.15. The number of hydrogen-bond donors (Lipinski definition) is 2. The van der Waals surface area contributed by atoms with Gasteiger partial charge in [0.1, 0.15) is 6.07 Å². The molecule has 2 rings (SSSR count). The fourth-order valence-corrected chi connectivity index (χ4v) is 3.37. The predicted octanol–water partition coefficient (Wildman–Crippen LogP) is 3.34. The second-order valence-electron chi connectivity index (χ2n) is 6.82. The number of aromatic amines is 1. The molecule has 152 valence electrons. The Bertz CT molecular complexity index is 990. The molecule has 1 amide bonds. The average Bonchev–Trinajstić information content (AvgIpc) is 2.66. The first-order valence-corrected chi connectivity index (χ1v) is 10.1. The first kappa shape index (κ1) is 22.2. The van der Waals surface area contributed by atoms with Crippen molar-refractivity contribution < 1.29 is 14.3 Å². The number of pyridine rings is 1. The zero-order valence-corrected chi connectivity index (χ0v) is 17.6. The number of rotatable bonds is 7. The van der Waals surface area contributed by atoms with Crippen LogP contribution in [0.4, 0.5) is 5.69 Å². The van der Waals surface area contributed by atoms with Gasteiger partial charge in [-0.15, -0.1) is 0 Å². The normalized spacial score (nSPS) is 11.6. The number of H-pyrrole nitrogens is 1. The number of carbonyl (C=O) groups is 2. The first-order chi connectivity index (χ1) is 13.7. The zero-order valence-electron chi connectivity index (χ0n) is 16.7. The number of ether oxygens (including phenoxy) is 1. The highest BCUT2D eigenvalue weighted by Crippen LogP contribution is 2.21. The van der Waals surface area contributed by atoms with Gasteiger partial charge < -0.3 is 15.0 Å². The second-order valence-corrected chi connectivity index (χ2v) is 7.80. The van der Waals surface area contributed by atoms with Crippen LogP contribution in [-0.2, 0) is 14.3 Å². The van der Waals surface area contributed by atoms with E-state index in [0.717, 1.165) is 17.3 Å². The van der Waals surface area contributed by atoms with E-state index in [-0.39, 0.29) is 11.3 Å². The lowest BCUT2D eigenvalue weighted by atomic mass is 10.0. The van der Waals surface area contributed by atoms with E-state index in [1.165, 1.54) is 13.0 Å². The van der Waals surface area contributed by atoms with Gasteiger partial charge in [-0.2, -0.15) is 5.26 Å². The summed E-state index contributed by atoms with van der Waals surface area (Å²) in [5.74, 6) is -0.821. The molecule has 29 heavy (non-hydrogen) atoms. The highest BCUT2D eigenvalue weighted by molar-refractivity contribution is 7.99. The monoisotopic (exact) mass is 413 g/mol. The maximum absolute atomic E-state index is 12.2. The number of aromatic nitrogens is 1. The van der Waals surface area contributed by atoms with Crippen LogP contribution in [0.2, 0.25) is 0 Å². The standard InChI is InChI=1S/C21H23N3O4S/c1-12(2)15-5-7-16(8-6-15)23-20(27)14(4)28-19(26)11-29-21-17(10-22)13(3)9-18(25)24-21/h5-9,12,14H,11H2,1-4H3,(H,23,27)(H,24,25)/t14-/m1/s1. The Hall–Kier alpha value is -3.05. The van der Waals surface area contributed by atoms with E-state index in [0.29, 0.717) is 27.8 Å². The van der Waals surface area contributed by atoms with Crippen LogP contribution in [-0.4, -0.2) is 28.7 Å². The lowest BCUT2D eigenvalue weighted by Crippen LogP contribution is -2.30. The fourth-order valence-electron chi connectivity index (χ4n) is 2.52. The third-order valence-electron chi connectivity index (χ3n) is 4.17. The Balaban J connectivity index is 1.91. The highest BCUT2D eigenvalue weighted by atomic mass is 32.2. The SMILES string of the molecule is Cc1cc(=O)[nH]c(SCC(=O)O[C@H](C)C(=O)Nc2ccc(C(C)C)cc2)c1C#N. The van der Waals surface area contributed by atoms with Gasteiger partial charge in [-0.3, -0.25) is 14.4 Å². The summed E-state index contributed by atoms with van der Waals surface area (Å²) < 4.78 is 5.16. The Morgan fingerprint density at radius 2 is 1.90 bits per heavy atom. The van der Waals surface area contributed by atoms with E-state index < -0.39 is 18.0 Å². The molecule has 0 saturated carbocycles. The molecule has 0 spiro atoms. The minimum atomic E-state index is -0.986. The summed E-state index contributed by atoms with van der Waals surface area (Å²) in [5.41, 5.74) is 2.26. The molecule has 0 saturated heterocycles. The average molecular weight is 413 g/mol. The summed E-state index contributed by atoms with van der Waals surface area (Å²) in [6.07, 6.45) is -0.986. The van der Waals surface area contributed by atoms with E-state index in [1.807, 2.05) is 18.2 Å². The molecule has 7 nitrogen and oxygen atoms in total. The number of hydrogen-bond acceptors (Lipinski definition) is 6. The van der Waals surface area contributed by atoms with Crippen molar-refractivity contribution in [1.82, 2.24) is 4.98 Å². The molecule has 2 aromatic rings. The number of benzene rings is 1. The van der Waals surface area contributed by atoms with Crippen LogP contribution >= 0.6 is 11.8 Å². The summed E-state index contributed by atoms with van der Waals surface area (Å²) >= 11 is 0.986. The minimum absolute atomic E-state index is 0.144. The molecule has 2 N–H and O–H groups in total. The Morgan fingerprint density at radius 3 is 2.48 bits per heavy atom. The molecule has 0 aliphatic heterocycles. The number of esters is 1. The van der Waals surface area contributed by atoms with Gasteiger partial charge in [-0.1, -0.05) is 37.7 Å². The Labute approximate surface area is 173 Å². The van der Waals surface area contributed by atoms with Gasteiger partial charge in [-0.05, 0) is 43.0 Å². The van der Waals surface area contributed by atoms with Gasteiger partial charge in [0.15, 0.2) is 6.10 Å². The molecule has 0 aliphatic carbocycles. The number of nitriles is 1. The molecule has 0 unspecified atom stereocenters. The summed E-state index contributed by atoms with van der Waals surface area (Å²) in [5, 5.41) is 12.2. The zero-order chi connectivity index (χ0) is 21.6. The van der Waals surface area contributed by atoms with Crippen LogP contribution in [0.15, 0.2) is 40.2 Å². The van der Waals surface area contributed by atoms with E-state index in [2.05, 4.69) is 24.1 Å². The van der Waals surface area contributed by atoms with Crippen LogP contribution in [0.1, 0.15) is 43.4 Å². The van der Waals surface area contributed by atoms with Crippen molar-refractivity contribution in [2.45, 2.75) is 44.7 Å². The maximum Gasteiger partial charge on any atom is 0.317 e. The molecular formula is C21H23N3O4S. The first-order valence-electron chi connectivity index (χ1n) is 9.08. The van der Waals surface area contributed by atoms with Gasteiger partial charge >= 0.3 is 5.97 Å². The van der Waals surface area contributed by atoms with Gasteiger partial charge in [0.25, 0.3) is 5.91 Å². The van der Waals surface area contributed by atoms with Crippen LogP contribution in [0.5, 0.6) is 0 Å². The van der Waals surface area contributed by atoms with Gasteiger partial charge in [0.05, 0.1) is 16.3 Å². The number of nitrogens with one attached hydrogen (secondary N) is 2. The van der Waals surface area contributed by atoms with Crippen molar-refractivity contribution >= 4 is 29.3 Å². The van der Waals surface area contributed by atoms with Crippen molar-refractivity contribution in [3.8, 4) is 6.07 Å². The third kappa shape index (κ3) is 6.22. The van der Waals surface area contributed by atoms with Crippen molar-refractivity contribution in [3.05, 3.63) is 57.4 Å². The molecule has 1 aromatic carbocycles. The topological polar surface area (TPSA) is 112 Å². The van der Waals surface area contributed by atoms with Gasteiger partial charge in [0, 0.05) is 11.8 Å². The number of nitrogens with zero attached hydrogens (tertiary/aromatic N) is 1. The van der Waals surface area contributed by atoms with Crippen molar-refractivity contribution in [2.24, 2.45) is 0 Å². The molecule has 1 heterocycles. The molecule has 1 aromatic heterocycles. The van der Waals surface area contributed by atoms with E-state index in [4.69, 9.17) is 4.74 Å². The summed E-state index contributed by atoms with van der Waals surface area (Å²) in [7, 11) is 0. The van der Waals surface area contributed by atoms with E-state index in [9.17, 15) is 19.6 Å². The van der Waals surface area contributed by atoms with Crippen molar-refractivity contribution in [3.63, 3.8) is 0 Å². The van der Waals surface area contributed by atoms with Crippen LogP contribution in [0, 0.1) is 18.3 Å². The van der Waals surface area contributed by atoms with Crippen LogP contribution in [0.25, 0.3) is 0 Å². The lowest BCUT2D eigenvalue weighted by molar-refractivity contribution is -0.150. The summed E-state index contributed by atoms with van der Waals surface area (Å²) in [6.45, 7) is 7.30. The largest absolute Gasteiger partial charge is 0.452 e. The van der Waals surface area contributed by atoms with Crippen LogP contribution < -0.4 is 10.9 Å². The van der Waals surface area contributed by atoms with E-state index >= 15 is 0 Å². The number of anilines is 1. The number of aryl methyl sites for hydroxylation is 1. The van der Waals surface area contributed by atoms with Gasteiger partial charge in [0.2, 0.25) is 5.56 Å². The van der Waals surface area contributed by atoms with Crippen molar-refractivity contribution in [1.29, 1.82) is 5.26 Å². The number of carbonyl (C=O) groups excluding carboxylic acids is 2. The lowest BCUT2D eigenvalue weighted by Gasteiger charge is -2.14. The van der Waals surface area contributed by atoms with E-state index in [1.54, 1.807) is 19.1 Å². The van der Waals surface area contributed by atoms with Crippen molar-refractivity contribution in [2.75, 3.05) is 11.1 Å². The Morgan fingerprint density at radius 1 is 1.24 bits per heavy atom. The molecule has 0 aliphatic rings. The second kappa shape index (κ2) is 9.94. The van der Waals surface area contributed by atoms with Crippen LogP contribution in [0.3, 0.4) is 0 Å². The maximum atomic E-state index is 12.2. The Kier molecular flexibility index (Phi) is 7.62. The molecule has 1 atom stereocenters. The predicted molar refractivity (Wildman–Crippen MR) is 112 cm³/mol. The smallest absolute Gasteiger partial charge is 0.317 e. The quantitative estimate of drug-likeness (QED) is 0.532. The number of amides is 1. The molecule has 8 heteroatoms. The summed E-state index contributed by atoms with van der Waals surface area (Å²) in [4.78, 5) is 38.4. The molecule has 0 radical (unpaired) electrons. The highest BCUT2D eigenvalue weighted by Gasteiger charge is 2.19. The molecule has 0 bridgehead atoms. The molecular weight excluding hydrogens is 390 g/mol. The molecule has 0 fully saturated rings. The fraction of sp³-hybridized carbons (Fsp3) is 0.333. The summed E-state index contributed by atoms with van der Waals surface area (Å²) in [6, 6.07) is 10.8. The minimum Gasteiger partial charge on any atom is -0.452 e.